The van der Waals surface area contributed by atoms with Crippen molar-refractivity contribution < 1.29 is 9.53 Å². The van der Waals surface area contributed by atoms with Crippen molar-refractivity contribution in [3.63, 3.8) is 0 Å². The highest BCUT2D eigenvalue weighted by molar-refractivity contribution is 5.98. The summed E-state index contributed by atoms with van der Waals surface area (Å²) in [5, 5.41) is 8.29. The zero-order valence-corrected chi connectivity index (χ0v) is 17.9. The van der Waals surface area contributed by atoms with E-state index in [9.17, 15) is 4.79 Å². The molecule has 0 amide bonds. The van der Waals surface area contributed by atoms with Gasteiger partial charge in [-0.25, -0.2) is 4.98 Å². The first-order valence-corrected chi connectivity index (χ1v) is 10.2. The van der Waals surface area contributed by atoms with Crippen molar-refractivity contribution in [1.82, 2.24) is 25.1 Å². The summed E-state index contributed by atoms with van der Waals surface area (Å²) in [5.41, 5.74) is 4.71. The topological polar surface area (TPSA) is 84.0 Å². The average Bonchev–Trinajstić information content (AvgIpc) is 3.22. The van der Waals surface area contributed by atoms with Gasteiger partial charge in [0.15, 0.2) is 11.4 Å². The average molecular weight is 415 g/mol. The fourth-order valence-corrected chi connectivity index (χ4v) is 3.56. The highest BCUT2D eigenvalue weighted by Gasteiger charge is 2.15. The molecule has 0 unspecified atom stereocenters. The lowest BCUT2D eigenvalue weighted by atomic mass is 10.0. The maximum Gasteiger partial charge on any atom is 0.181 e. The number of nitrogens with one attached hydrogen (secondary N) is 1. The highest BCUT2D eigenvalue weighted by Crippen LogP contribution is 2.34. The molecule has 0 saturated heterocycles. The molecule has 7 nitrogen and oxygen atoms in total. The SMILES string of the molecule is COc1ccccc1-c1[nH]nc2ncc(-c3cncc(C(=O)CCCN(C)C)c3)cc12. The van der Waals surface area contributed by atoms with Crippen LogP contribution in [0.4, 0.5) is 0 Å². The van der Waals surface area contributed by atoms with Crippen LogP contribution < -0.4 is 4.74 Å². The number of fused-ring (bicyclic) bond motifs is 1. The Balaban J connectivity index is 1.67. The van der Waals surface area contributed by atoms with Crippen molar-refractivity contribution in [2.75, 3.05) is 27.7 Å². The number of nitrogens with zero attached hydrogens (tertiary/aromatic N) is 4. The van der Waals surface area contributed by atoms with Crippen molar-refractivity contribution in [2.45, 2.75) is 12.8 Å². The number of Topliss-reactive ketones (excluding diaryl/α,β-unsaturated/α-hetero) is 1. The quantitative estimate of drug-likeness (QED) is 0.434. The molecular formula is C24H25N5O2. The molecule has 0 saturated carbocycles. The van der Waals surface area contributed by atoms with Crippen molar-refractivity contribution >= 4 is 16.8 Å². The minimum Gasteiger partial charge on any atom is -0.496 e. The normalized spacial score (nSPS) is 11.2. The van der Waals surface area contributed by atoms with E-state index in [-0.39, 0.29) is 5.78 Å². The largest absolute Gasteiger partial charge is 0.496 e. The van der Waals surface area contributed by atoms with Gasteiger partial charge in [-0.05, 0) is 51.3 Å². The number of carbonyl (C=O) groups is 1. The van der Waals surface area contributed by atoms with Crippen molar-refractivity contribution in [2.24, 2.45) is 0 Å². The summed E-state index contributed by atoms with van der Waals surface area (Å²) < 4.78 is 5.50. The van der Waals surface area contributed by atoms with Crippen molar-refractivity contribution in [3.8, 4) is 28.1 Å². The molecule has 1 N–H and O–H groups in total. The standard InChI is InChI=1S/C24H25N5O2/c1-29(2)10-6-8-21(30)18-11-16(13-25-14-18)17-12-20-23(27-28-24(20)26-15-17)19-7-4-5-9-22(19)31-3/h4-5,7,9,11-15H,6,8,10H2,1-3H3,(H,26,27,28). The number of aromatic amines is 1. The molecule has 0 fully saturated rings. The Morgan fingerprint density at radius 1 is 1.10 bits per heavy atom. The molecule has 0 aliphatic carbocycles. The molecule has 31 heavy (non-hydrogen) atoms. The summed E-state index contributed by atoms with van der Waals surface area (Å²) in [5.74, 6) is 0.855. The maximum atomic E-state index is 12.6. The predicted molar refractivity (Wildman–Crippen MR) is 121 cm³/mol. The van der Waals surface area contributed by atoms with E-state index < -0.39 is 0 Å². The van der Waals surface area contributed by atoms with Gasteiger partial charge in [-0.3, -0.25) is 14.9 Å². The number of H-pyrrole nitrogens is 1. The Hall–Kier alpha value is -3.58. The van der Waals surface area contributed by atoms with E-state index in [1.165, 1.54) is 0 Å². The van der Waals surface area contributed by atoms with Crippen LogP contribution in [0, 0.1) is 0 Å². The second-order valence-electron chi connectivity index (χ2n) is 7.69. The second kappa shape index (κ2) is 9.06. The number of ketones is 1. The number of carbonyl (C=O) groups excluding carboxylic acids is 1. The van der Waals surface area contributed by atoms with Crippen molar-refractivity contribution in [1.29, 1.82) is 0 Å². The molecule has 0 aliphatic rings. The van der Waals surface area contributed by atoms with Gasteiger partial charge in [0, 0.05) is 52.7 Å². The van der Waals surface area contributed by atoms with Crippen LogP contribution in [-0.4, -0.2) is 58.6 Å². The number of aromatic nitrogens is 4. The molecule has 1 aromatic carbocycles. The lowest BCUT2D eigenvalue weighted by Crippen LogP contribution is -2.14. The van der Waals surface area contributed by atoms with Crippen LogP contribution in [0.15, 0.2) is 55.0 Å². The molecule has 0 bridgehead atoms. The van der Waals surface area contributed by atoms with Gasteiger partial charge >= 0.3 is 0 Å². The van der Waals surface area contributed by atoms with Crippen LogP contribution >= 0.6 is 0 Å². The van der Waals surface area contributed by atoms with Crippen LogP contribution in [0.5, 0.6) is 5.75 Å². The van der Waals surface area contributed by atoms with Crippen LogP contribution in [-0.2, 0) is 0 Å². The van der Waals surface area contributed by atoms with E-state index in [1.807, 2.05) is 50.5 Å². The van der Waals surface area contributed by atoms with E-state index in [0.717, 1.165) is 46.5 Å². The Kier molecular flexibility index (Phi) is 6.04. The summed E-state index contributed by atoms with van der Waals surface area (Å²) >= 11 is 0. The lowest BCUT2D eigenvalue weighted by molar-refractivity contribution is 0.0977. The van der Waals surface area contributed by atoms with Crippen LogP contribution in [0.25, 0.3) is 33.4 Å². The summed E-state index contributed by atoms with van der Waals surface area (Å²) in [6.07, 6.45) is 6.46. The van der Waals surface area contributed by atoms with E-state index in [1.54, 1.807) is 25.7 Å². The third-order valence-corrected chi connectivity index (χ3v) is 5.19. The molecular weight excluding hydrogens is 390 g/mol. The Bertz CT molecular complexity index is 1220. The van der Waals surface area contributed by atoms with Gasteiger partial charge in [-0.1, -0.05) is 12.1 Å². The molecule has 0 atom stereocenters. The number of hydrogen-bond acceptors (Lipinski definition) is 6. The Labute approximate surface area is 181 Å². The Morgan fingerprint density at radius 2 is 1.90 bits per heavy atom. The number of methoxy groups -OCH3 is 1. The second-order valence-corrected chi connectivity index (χ2v) is 7.69. The van der Waals surface area contributed by atoms with Gasteiger partial charge in [-0.2, -0.15) is 5.10 Å². The lowest BCUT2D eigenvalue weighted by Gasteiger charge is -2.09. The molecule has 0 aliphatic heterocycles. The molecule has 0 spiro atoms. The van der Waals surface area contributed by atoms with E-state index >= 15 is 0 Å². The first kappa shape index (κ1) is 20.7. The third-order valence-electron chi connectivity index (χ3n) is 5.19. The molecule has 4 rings (SSSR count). The first-order valence-electron chi connectivity index (χ1n) is 10.2. The predicted octanol–water partition coefficient (Wildman–Crippen LogP) is 4.22. The molecule has 3 aromatic heterocycles. The number of benzene rings is 1. The van der Waals surface area contributed by atoms with E-state index in [0.29, 0.717) is 17.6 Å². The third kappa shape index (κ3) is 4.46. The number of rotatable bonds is 8. The van der Waals surface area contributed by atoms with Crippen LogP contribution in [0.1, 0.15) is 23.2 Å². The summed E-state index contributed by atoms with van der Waals surface area (Å²) in [6.45, 7) is 0.881. The molecule has 158 valence electrons. The van der Waals surface area contributed by atoms with Gasteiger partial charge in [0.25, 0.3) is 0 Å². The molecule has 7 heteroatoms. The smallest absolute Gasteiger partial charge is 0.181 e. The van der Waals surface area contributed by atoms with Gasteiger partial charge in [0.2, 0.25) is 0 Å². The molecule has 4 aromatic rings. The number of hydrogen-bond donors (Lipinski definition) is 1. The van der Waals surface area contributed by atoms with Gasteiger partial charge in [0.1, 0.15) is 5.75 Å². The zero-order chi connectivity index (χ0) is 21.8. The van der Waals surface area contributed by atoms with E-state index in [4.69, 9.17) is 4.74 Å². The van der Waals surface area contributed by atoms with Gasteiger partial charge < -0.3 is 9.64 Å². The van der Waals surface area contributed by atoms with Gasteiger partial charge in [0.05, 0.1) is 12.8 Å². The summed E-state index contributed by atoms with van der Waals surface area (Å²) in [7, 11) is 5.66. The van der Waals surface area contributed by atoms with Crippen molar-refractivity contribution in [3.05, 3.63) is 60.6 Å². The number of ether oxygens (including phenoxy) is 1. The monoisotopic (exact) mass is 415 g/mol. The highest BCUT2D eigenvalue weighted by atomic mass is 16.5. The fourth-order valence-electron chi connectivity index (χ4n) is 3.56. The summed E-state index contributed by atoms with van der Waals surface area (Å²) in [4.78, 5) is 23.5. The fraction of sp³-hybridized carbons (Fsp3) is 0.250. The number of para-hydroxylation sites is 1. The minimum atomic E-state index is 0.100. The van der Waals surface area contributed by atoms with Gasteiger partial charge in [-0.15, -0.1) is 0 Å². The van der Waals surface area contributed by atoms with Crippen LogP contribution in [0.2, 0.25) is 0 Å². The van der Waals surface area contributed by atoms with Crippen LogP contribution in [0.3, 0.4) is 0 Å². The summed E-state index contributed by atoms with van der Waals surface area (Å²) in [6, 6.07) is 11.7. The maximum absolute atomic E-state index is 12.6. The molecule has 3 heterocycles. The molecule has 0 radical (unpaired) electrons. The first-order chi connectivity index (χ1) is 15.1. The minimum absolute atomic E-state index is 0.100. The zero-order valence-electron chi connectivity index (χ0n) is 17.9. The Morgan fingerprint density at radius 3 is 2.71 bits per heavy atom. The number of pyridine rings is 2. The van der Waals surface area contributed by atoms with E-state index in [2.05, 4.69) is 25.1 Å².